The average molecular weight is 274 g/mol. The summed E-state index contributed by atoms with van der Waals surface area (Å²) in [4.78, 5) is 23.5. The predicted octanol–water partition coefficient (Wildman–Crippen LogP) is 1.82. The number of carbonyl (C=O) groups is 2. The Morgan fingerprint density at radius 1 is 1.05 bits per heavy atom. The Hall–Kier alpha value is -2.50. The number of nitrogens with zero attached hydrogens (tertiary/aromatic N) is 2. The van der Waals surface area contributed by atoms with Crippen molar-refractivity contribution < 1.29 is 19.1 Å². The van der Waals surface area contributed by atoms with E-state index in [0.29, 0.717) is 27.5 Å². The third-order valence-corrected chi connectivity index (χ3v) is 3.19. The van der Waals surface area contributed by atoms with Crippen LogP contribution in [0.3, 0.4) is 0 Å². The molecule has 1 aromatic carbocycles. The van der Waals surface area contributed by atoms with Crippen LogP contribution in [0.25, 0.3) is 10.8 Å². The number of hydrogen-bond acceptors (Lipinski definition) is 6. The van der Waals surface area contributed by atoms with Gasteiger partial charge in [0.2, 0.25) is 0 Å². The number of carbonyl (C=O) groups excluding carboxylic acids is 2. The minimum Gasteiger partial charge on any atom is -0.465 e. The molecule has 0 aliphatic rings. The number of ether oxygens (including phenoxy) is 2. The molecule has 0 saturated carbocycles. The minimum absolute atomic E-state index is 0.132. The van der Waals surface area contributed by atoms with Crippen LogP contribution < -0.4 is 0 Å². The van der Waals surface area contributed by atoms with E-state index >= 15 is 0 Å². The van der Waals surface area contributed by atoms with E-state index in [0.717, 1.165) is 0 Å². The van der Waals surface area contributed by atoms with Gasteiger partial charge in [-0.2, -0.15) is 5.10 Å². The van der Waals surface area contributed by atoms with Gasteiger partial charge < -0.3 is 9.47 Å². The summed E-state index contributed by atoms with van der Waals surface area (Å²) < 4.78 is 9.47. The molecule has 1 heterocycles. The Labute approximate surface area is 115 Å². The molecule has 104 valence electrons. The van der Waals surface area contributed by atoms with Gasteiger partial charge in [-0.1, -0.05) is 0 Å². The fraction of sp³-hybridized carbons (Fsp3) is 0.286. The number of aromatic nitrogens is 2. The largest absolute Gasteiger partial charge is 0.465 e. The van der Waals surface area contributed by atoms with Gasteiger partial charge in [0.15, 0.2) is 5.69 Å². The fourth-order valence-corrected chi connectivity index (χ4v) is 2.22. The number of fused-ring (bicyclic) bond motifs is 1. The highest BCUT2D eigenvalue weighted by Gasteiger charge is 2.20. The zero-order chi connectivity index (χ0) is 14.9. The van der Waals surface area contributed by atoms with Crippen molar-refractivity contribution in [2.24, 2.45) is 0 Å². The van der Waals surface area contributed by atoms with Crippen molar-refractivity contribution >= 4 is 22.7 Å². The molecule has 6 heteroatoms. The number of rotatable bonds is 2. The topological polar surface area (TPSA) is 78.4 Å². The normalized spacial score (nSPS) is 10.4. The standard InChI is InChI=1S/C14H14N2O4/c1-7-5-9-10(8(2)11(7)13(17)19-3)6-15-16-12(9)14(18)20-4/h5-6H,1-4H3. The van der Waals surface area contributed by atoms with E-state index in [1.54, 1.807) is 19.9 Å². The molecule has 0 spiro atoms. The Balaban J connectivity index is 2.82. The summed E-state index contributed by atoms with van der Waals surface area (Å²) in [5.41, 5.74) is 2.02. The summed E-state index contributed by atoms with van der Waals surface area (Å²) in [5.74, 6) is -0.981. The van der Waals surface area contributed by atoms with E-state index < -0.39 is 11.9 Å². The van der Waals surface area contributed by atoms with Gasteiger partial charge in [-0.3, -0.25) is 0 Å². The molecule has 0 fully saturated rings. The van der Waals surface area contributed by atoms with Crippen LogP contribution >= 0.6 is 0 Å². The maximum atomic E-state index is 11.8. The highest BCUT2D eigenvalue weighted by molar-refractivity contribution is 6.06. The number of hydrogen-bond donors (Lipinski definition) is 0. The SMILES string of the molecule is COC(=O)c1c(C)cc2c(C(=O)OC)nncc2c1C. The molecule has 0 aliphatic heterocycles. The first-order valence-corrected chi connectivity index (χ1v) is 5.93. The van der Waals surface area contributed by atoms with Crippen LogP contribution in [0.5, 0.6) is 0 Å². The van der Waals surface area contributed by atoms with Gasteiger partial charge in [-0.15, -0.1) is 5.10 Å². The van der Waals surface area contributed by atoms with Crippen LogP contribution in [0.2, 0.25) is 0 Å². The maximum absolute atomic E-state index is 11.8. The quantitative estimate of drug-likeness (QED) is 0.777. The Bertz CT molecular complexity index is 710. The van der Waals surface area contributed by atoms with Crippen LogP contribution in [0.4, 0.5) is 0 Å². The number of aryl methyl sites for hydroxylation is 2. The predicted molar refractivity (Wildman–Crippen MR) is 71.7 cm³/mol. The van der Waals surface area contributed by atoms with Crippen LogP contribution in [0.15, 0.2) is 12.3 Å². The zero-order valence-corrected chi connectivity index (χ0v) is 11.7. The Morgan fingerprint density at radius 3 is 2.30 bits per heavy atom. The molecule has 2 rings (SSSR count). The summed E-state index contributed by atoms with van der Waals surface area (Å²) in [6.07, 6.45) is 1.52. The van der Waals surface area contributed by atoms with Gasteiger partial charge in [0, 0.05) is 10.8 Å². The van der Waals surface area contributed by atoms with Gasteiger partial charge in [0.25, 0.3) is 0 Å². The second kappa shape index (κ2) is 5.24. The van der Waals surface area contributed by atoms with Crippen molar-refractivity contribution in [2.45, 2.75) is 13.8 Å². The molecule has 0 unspecified atom stereocenters. The first kappa shape index (κ1) is 13.9. The van der Waals surface area contributed by atoms with Crippen LogP contribution in [0.1, 0.15) is 32.0 Å². The van der Waals surface area contributed by atoms with E-state index in [-0.39, 0.29) is 5.69 Å². The third kappa shape index (κ3) is 2.09. The second-order valence-corrected chi connectivity index (χ2v) is 4.33. The molecule has 0 bridgehead atoms. The summed E-state index contributed by atoms with van der Waals surface area (Å²) >= 11 is 0. The number of benzene rings is 1. The Kier molecular flexibility index (Phi) is 3.65. The van der Waals surface area contributed by atoms with Crippen LogP contribution in [-0.2, 0) is 9.47 Å². The van der Waals surface area contributed by atoms with Gasteiger partial charge in [-0.25, -0.2) is 9.59 Å². The van der Waals surface area contributed by atoms with Crippen molar-refractivity contribution in [3.05, 3.63) is 34.6 Å². The van der Waals surface area contributed by atoms with Gasteiger partial charge >= 0.3 is 11.9 Å². The zero-order valence-electron chi connectivity index (χ0n) is 11.7. The second-order valence-electron chi connectivity index (χ2n) is 4.33. The highest BCUT2D eigenvalue weighted by atomic mass is 16.5. The van der Waals surface area contributed by atoms with E-state index in [1.165, 1.54) is 20.4 Å². The van der Waals surface area contributed by atoms with Gasteiger partial charge in [0.05, 0.1) is 26.0 Å². The first-order chi connectivity index (χ1) is 9.51. The fourth-order valence-electron chi connectivity index (χ4n) is 2.22. The molecule has 0 N–H and O–H groups in total. The number of methoxy groups -OCH3 is 2. The summed E-state index contributed by atoms with van der Waals surface area (Å²) in [6.45, 7) is 3.56. The molecule has 0 radical (unpaired) electrons. The average Bonchev–Trinajstić information content (AvgIpc) is 2.45. The highest BCUT2D eigenvalue weighted by Crippen LogP contribution is 2.27. The molecule has 2 aromatic rings. The van der Waals surface area contributed by atoms with Crippen molar-refractivity contribution in [2.75, 3.05) is 14.2 Å². The van der Waals surface area contributed by atoms with Crippen molar-refractivity contribution in [1.29, 1.82) is 0 Å². The van der Waals surface area contributed by atoms with Crippen molar-refractivity contribution in [3.63, 3.8) is 0 Å². The smallest absolute Gasteiger partial charge is 0.359 e. The van der Waals surface area contributed by atoms with Gasteiger partial charge in [0.1, 0.15) is 0 Å². The lowest BCUT2D eigenvalue weighted by Crippen LogP contribution is -2.10. The summed E-state index contributed by atoms with van der Waals surface area (Å²) in [6, 6.07) is 1.72. The minimum atomic E-state index is -0.562. The molecular formula is C14H14N2O4. The monoisotopic (exact) mass is 274 g/mol. The van der Waals surface area contributed by atoms with E-state index in [9.17, 15) is 9.59 Å². The lowest BCUT2D eigenvalue weighted by molar-refractivity contribution is 0.0589. The molecule has 0 amide bonds. The molecule has 20 heavy (non-hydrogen) atoms. The van der Waals surface area contributed by atoms with Crippen molar-refractivity contribution in [3.8, 4) is 0 Å². The lowest BCUT2D eigenvalue weighted by Gasteiger charge is -2.12. The maximum Gasteiger partial charge on any atom is 0.359 e. The van der Waals surface area contributed by atoms with E-state index in [1.807, 2.05) is 0 Å². The third-order valence-electron chi connectivity index (χ3n) is 3.19. The summed E-state index contributed by atoms with van der Waals surface area (Å²) in [5, 5.41) is 8.89. The number of esters is 2. The van der Waals surface area contributed by atoms with E-state index in [2.05, 4.69) is 14.9 Å². The molecule has 0 saturated heterocycles. The molecule has 6 nitrogen and oxygen atoms in total. The lowest BCUT2D eigenvalue weighted by atomic mass is 9.96. The molecule has 0 atom stereocenters. The first-order valence-electron chi connectivity index (χ1n) is 5.93. The van der Waals surface area contributed by atoms with Gasteiger partial charge in [-0.05, 0) is 31.0 Å². The molecule has 1 aromatic heterocycles. The van der Waals surface area contributed by atoms with Crippen LogP contribution in [-0.4, -0.2) is 36.4 Å². The summed E-state index contributed by atoms with van der Waals surface area (Å²) in [7, 11) is 2.61. The van der Waals surface area contributed by atoms with Crippen molar-refractivity contribution in [1.82, 2.24) is 10.2 Å². The van der Waals surface area contributed by atoms with E-state index in [4.69, 9.17) is 4.74 Å². The molecular weight excluding hydrogens is 260 g/mol. The van der Waals surface area contributed by atoms with Crippen LogP contribution in [0, 0.1) is 13.8 Å². The Morgan fingerprint density at radius 2 is 1.70 bits per heavy atom. The molecule has 0 aliphatic carbocycles.